The summed E-state index contributed by atoms with van der Waals surface area (Å²) < 4.78 is 11.7. The van der Waals surface area contributed by atoms with E-state index in [2.05, 4.69) is 20.3 Å². The Hall–Kier alpha value is -4.18. The molecule has 0 unspecified atom stereocenters. The van der Waals surface area contributed by atoms with Gasteiger partial charge in [0.05, 0.1) is 12.6 Å². The second kappa shape index (κ2) is 7.50. The number of nitrogens with one attached hydrogen (secondary N) is 2. The number of rotatable bonds is 4. The van der Waals surface area contributed by atoms with Crippen molar-refractivity contribution in [3.63, 3.8) is 0 Å². The van der Waals surface area contributed by atoms with E-state index in [1.54, 1.807) is 31.4 Å². The van der Waals surface area contributed by atoms with Crippen LogP contribution in [0.15, 0.2) is 61.3 Å². The van der Waals surface area contributed by atoms with Crippen molar-refractivity contribution in [1.29, 1.82) is 0 Å². The molecule has 0 fully saturated rings. The maximum absolute atomic E-state index is 13.0. The summed E-state index contributed by atoms with van der Waals surface area (Å²) in [6, 6.07) is 11.5. The monoisotopic (exact) mass is 451 g/mol. The van der Waals surface area contributed by atoms with Gasteiger partial charge >= 0.3 is 0 Å². The van der Waals surface area contributed by atoms with Crippen LogP contribution in [0.25, 0.3) is 33.3 Å². The molecule has 0 aliphatic rings. The summed E-state index contributed by atoms with van der Waals surface area (Å²) in [5.41, 5.74) is -1.02. The Morgan fingerprint density at radius 3 is 2.62 bits per heavy atom. The topological polar surface area (TPSA) is 136 Å². The summed E-state index contributed by atoms with van der Waals surface area (Å²) in [7, 11) is 1.56. The van der Waals surface area contributed by atoms with Gasteiger partial charge in [0, 0.05) is 16.0 Å². The molecule has 0 atom stereocenters. The molecule has 0 radical (unpaired) electrons. The zero-order valence-electron chi connectivity index (χ0n) is 16.5. The van der Waals surface area contributed by atoms with E-state index in [1.165, 1.54) is 18.2 Å². The van der Waals surface area contributed by atoms with Crippen molar-refractivity contribution >= 4 is 33.4 Å². The first kappa shape index (κ1) is 19.8. The number of benzene rings is 2. The number of hydrogen-bond donors (Lipinski definition) is 2. The van der Waals surface area contributed by atoms with Gasteiger partial charge in [-0.05, 0) is 42.5 Å². The van der Waals surface area contributed by atoms with E-state index < -0.39 is 16.5 Å². The van der Waals surface area contributed by atoms with Crippen molar-refractivity contribution in [1.82, 2.24) is 25.0 Å². The van der Waals surface area contributed by atoms with Gasteiger partial charge in [-0.15, -0.1) is 10.2 Å². The van der Waals surface area contributed by atoms with Gasteiger partial charge in [0.2, 0.25) is 17.2 Å². The second-order valence-corrected chi connectivity index (χ2v) is 7.39. The predicted molar refractivity (Wildman–Crippen MR) is 117 cm³/mol. The molecule has 10 nitrogen and oxygen atoms in total. The Morgan fingerprint density at radius 1 is 1.09 bits per heavy atom. The maximum atomic E-state index is 13.0. The fourth-order valence-electron chi connectivity index (χ4n) is 3.42. The number of nitrogens with zero attached hydrogens (tertiary/aromatic N) is 3. The molecule has 2 N–H and O–H groups in total. The van der Waals surface area contributed by atoms with E-state index in [-0.39, 0.29) is 34.6 Å². The summed E-state index contributed by atoms with van der Waals surface area (Å²) in [5.74, 6) is 0.991. The largest absolute Gasteiger partial charge is 0.497 e. The quantitative estimate of drug-likeness (QED) is 0.400. The van der Waals surface area contributed by atoms with Crippen molar-refractivity contribution in [3.8, 4) is 17.2 Å². The van der Waals surface area contributed by atoms with Crippen LogP contribution < -0.4 is 21.3 Å². The molecule has 0 saturated carbocycles. The van der Waals surface area contributed by atoms with Crippen LogP contribution in [0.2, 0.25) is 5.02 Å². The molecule has 5 rings (SSSR count). The molecule has 0 amide bonds. The Bertz CT molecular complexity index is 1660. The van der Waals surface area contributed by atoms with Crippen LogP contribution in [0, 0.1) is 0 Å². The fourth-order valence-corrected chi connectivity index (χ4v) is 3.59. The third kappa shape index (κ3) is 3.26. The molecular formula is C21H14ClN5O5. The molecule has 32 heavy (non-hydrogen) atoms. The Kier molecular flexibility index (Phi) is 4.63. The van der Waals surface area contributed by atoms with Crippen molar-refractivity contribution < 1.29 is 9.15 Å². The SMILES string of the molecule is COc1ccc(-c2nnc(Cn3[nH]c(=O)c4[nH]c5cc(Cl)ccc5c(=O)c4c3=O)o2)cc1. The molecule has 0 aliphatic carbocycles. The number of aromatic amines is 2. The van der Waals surface area contributed by atoms with Crippen LogP contribution in [-0.2, 0) is 6.54 Å². The maximum Gasteiger partial charge on any atom is 0.287 e. The first-order chi connectivity index (χ1) is 15.4. The van der Waals surface area contributed by atoms with Crippen molar-refractivity contribution in [2.75, 3.05) is 7.11 Å². The van der Waals surface area contributed by atoms with Gasteiger partial charge < -0.3 is 14.1 Å². The molecule has 11 heteroatoms. The highest BCUT2D eigenvalue weighted by Gasteiger charge is 2.17. The lowest BCUT2D eigenvalue weighted by Gasteiger charge is -2.06. The smallest absolute Gasteiger partial charge is 0.287 e. The number of H-pyrrole nitrogens is 2. The van der Waals surface area contributed by atoms with E-state index >= 15 is 0 Å². The Balaban J connectivity index is 1.58. The zero-order valence-corrected chi connectivity index (χ0v) is 17.3. The standard InChI is InChI=1S/C21H14ClN5O5/c1-31-12-5-2-10(3-6-12)20-25-24-15(32-20)9-27-21(30)16-17(19(29)26-27)23-14-8-11(22)4-7-13(14)18(16)28/h2-8H,9H2,1H3,(H,23,28)(H,26,29). The molecule has 0 spiro atoms. The molecule has 0 saturated heterocycles. The summed E-state index contributed by atoms with van der Waals surface area (Å²) in [6.07, 6.45) is 0. The minimum Gasteiger partial charge on any atom is -0.497 e. The molecule has 3 aromatic heterocycles. The first-order valence-corrected chi connectivity index (χ1v) is 9.77. The molecule has 3 heterocycles. The minimum absolute atomic E-state index is 0.0805. The molecule has 0 bridgehead atoms. The van der Waals surface area contributed by atoms with Crippen molar-refractivity contribution in [2.24, 2.45) is 0 Å². The number of ether oxygens (including phenoxy) is 1. The fraction of sp³-hybridized carbons (Fsp3) is 0.0952. The summed E-state index contributed by atoms with van der Waals surface area (Å²) in [6.45, 7) is -0.217. The highest BCUT2D eigenvalue weighted by molar-refractivity contribution is 6.31. The van der Waals surface area contributed by atoms with Gasteiger partial charge in [-0.2, -0.15) is 0 Å². The van der Waals surface area contributed by atoms with E-state index in [0.717, 1.165) is 4.68 Å². The van der Waals surface area contributed by atoms with Crippen LogP contribution in [-0.4, -0.2) is 32.1 Å². The molecule has 0 aliphatic heterocycles. The number of halogens is 1. The van der Waals surface area contributed by atoms with Crippen LogP contribution in [0.5, 0.6) is 5.75 Å². The second-order valence-electron chi connectivity index (χ2n) is 6.96. The summed E-state index contributed by atoms with van der Waals surface area (Å²) in [5, 5.41) is 10.7. The molecule has 5 aromatic rings. The lowest BCUT2D eigenvalue weighted by atomic mass is 10.1. The van der Waals surface area contributed by atoms with Crippen LogP contribution in [0.1, 0.15) is 5.89 Å². The van der Waals surface area contributed by atoms with Crippen molar-refractivity contribution in [3.05, 3.63) is 84.3 Å². The highest BCUT2D eigenvalue weighted by atomic mass is 35.5. The van der Waals surface area contributed by atoms with E-state index in [1.807, 2.05) is 0 Å². The zero-order chi connectivity index (χ0) is 22.4. The third-order valence-electron chi connectivity index (χ3n) is 4.98. The van der Waals surface area contributed by atoms with E-state index in [0.29, 0.717) is 21.9 Å². The normalized spacial score (nSPS) is 11.3. The van der Waals surface area contributed by atoms with E-state index in [9.17, 15) is 14.4 Å². The van der Waals surface area contributed by atoms with Gasteiger partial charge in [-0.25, -0.2) is 4.68 Å². The highest BCUT2D eigenvalue weighted by Crippen LogP contribution is 2.21. The first-order valence-electron chi connectivity index (χ1n) is 9.40. The molecule has 2 aromatic carbocycles. The number of methoxy groups -OCH3 is 1. The van der Waals surface area contributed by atoms with Crippen LogP contribution in [0.4, 0.5) is 0 Å². The molecule has 160 valence electrons. The number of aromatic nitrogens is 5. The van der Waals surface area contributed by atoms with Gasteiger partial charge in [0.25, 0.3) is 11.1 Å². The third-order valence-corrected chi connectivity index (χ3v) is 5.22. The van der Waals surface area contributed by atoms with E-state index in [4.69, 9.17) is 20.8 Å². The Labute approximate surface area is 183 Å². The summed E-state index contributed by atoms with van der Waals surface area (Å²) >= 11 is 5.97. The van der Waals surface area contributed by atoms with Gasteiger partial charge in [0.1, 0.15) is 23.2 Å². The minimum atomic E-state index is -0.693. The van der Waals surface area contributed by atoms with Crippen LogP contribution >= 0.6 is 11.6 Å². The number of pyridine rings is 1. The lowest BCUT2D eigenvalue weighted by Crippen LogP contribution is -2.34. The average molecular weight is 452 g/mol. The predicted octanol–water partition coefficient (Wildman–Crippen LogP) is 2.29. The molecular weight excluding hydrogens is 438 g/mol. The van der Waals surface area contributed by atoms with Gasteiger partial charge in [0.15, 0.2) is 0 Å². The van der Waals surface area contributed by atoms with Crippen molar-refractivity contribution in [2.45, 2.75) is 6.54 Å². The summed E-state index contributed by atoms with van der Waals surface area (Å²) in [4.78, 5) is 41.4. The Morgan fingerprint density at radius 2 is 1.88 bits per heavy atom. The average Bonchev–Trinajstić information content (AvgIpc) is 3.25. The van der Waals surface area contributed by atoms with Gasteiger partial charge in [-0.3, -0.25) is 19.5 Å². The van der Waals surface area contributed by atoms with Gasteiger partial charge in [-0.1, -0.05) is 11.6 Å². The number of hydrogen-bond acceptors (Lipinski definition) is 7. The lowest BCUT2D eigenvalue weighted by molar-refractivity contribution is 0.414. The van der Waals surface area contributed by atoms with Crippen LogP contribution in [0.3, 0.4) is 0 Å². The number of fused-ring (bicyclic) bond motifs is 2.